The molecule has 8 heavy (non-hydrogen) atoms. The molecule has 0 saturated heterocycles. The number of imidazole rings is 1. The summed E-state index contributed by atoms with van der Waals surface area (Å²) in [5, 5.41) is 0. The Bertz CT molecular complexity index is 174. The van der Waals surface area contributed by atoms with Crippen LogP contribution >= 0.6 is 12.3 Å². The Morgan fingerprint density at radius 2 is 2.62 bits per heavy atom. The maximum atomic E-state index is 11.7. The van der Waals surface area contributed by atoms with Crippen LogP contribution in [0.4, 0.5) is 3.89 Å². The summed E-state index contributed by atoms with van der Waals surface area (Å²) in [6.07, 6.45) is 3.03. The van der Waals surface area contributed by atoms with E-state index in [4.69, 9.17) is 0 Å². The highest BCUT2D eigenvalue weighted by Gasteiger charge is 1.92. The lowest BCUT2D eigenvalue weighted by Crippen LogP contribution is -1.80. The zero-order valence-corrected chi connectivity index (χ0v) is 5.15. The largest absolute Gasteiger partial charge is 0.250 e. The van der Waals surface area contributed by atoms with Crippen molar-refractivity contribution in [3.8, 4) is 0 Å². The Labute approximate surface area is 51.2 Å². The van der Waals surface area contributed by atoms with E-state index >= 15 is 0 Å². The lowest BCUT2D eigenvalue weighted by molar-refractivity contribution is 0.909. The molecule has 0 spiro atoms. The van der Waals surface area contributed by atoms with Gasteiger partial charge >= 0.3 is 0 Å². The third kappa shape index (κ3) is 0.838. The van der Waals surface area contributed by atoms with E-state index in [1.54, 1.807) is 13.1 Å². The number of nitrogens with zero attached hydrogens (tertiary/aromatic N) is 2. The molecule has 0 aromatic carbocycles. The van der Waals surface area contributed by atoms with E-state index in [1.807, 2.05) is 0 Å². The van der Waals surface area contributed by atoms with E-state index < -0.39 is 0 Å². The van der Waals surface area contributed by atoms with Gasteiger partial charge in [0.25, 0.3) is 0 Å². The highest BCUT2D eigenvalue weighted by atomic mass is 32.2. The predicted octanol–water partition coefficient (Wildman–Crippen LogP) is 1.57. The number of aromatic nitrogens is 2. The number of aryl methyl sites for hydroxylation is 1. The van der Waals surface area contributed by atoms with Gasteiger partial charge in [0.15, 0.2) is 12.3 Å². The third-order valence-electron chi connectivity index (χ3n) is 0.855. The van der Waals surface area contributed by atoms with Gasteiger partial charge in [0, 0.05) is 11.9 Å². The summed E-state index contributed by atoms with van der Waals surface area (Å²) < 4.78 is 13.0. The second kappa shape index (κ2) is 2.17. The van der Waals surface area contributed by atoms with Gasteiger partial charge in [-0.1, -0.05) is 0 Å². The van der Waals surface area contributed by atoms with Gasteiger partial charge in [-0.2, -0.15) is 0 Å². The molecule has 0 aliphatic heterocycles. The lowest BCUT2D eigenvalue weighted by Gasteiger charge is -1.89. The van der Waals surface area contributed by atoms with E-state index in [2.05, 4.69) is 4.98 Å². The Hall–Kier alpha value is -0.510. The molecule has 44 valence electrons. The monoisotopic (exact) mass is 132 g/mol. The first-order valence-corrected chi connectivity index (χ1v) is 2.80. The van der Waals surface area contributed by atoms with Crippen LogP contribution in [0.1, 0.15) is 5.69 Å². The fourth-order valence-electron chi connectivity index (χ4n) is 0.422. The fourth-order valence-corrected chi connectivity index (χ4v) is 0.668. The summed E-state index contributed by atoms with van der Waals surface area (Å²) in [7, 11) is 0. The minimum Gasteiger partial charge on any atom is -0.250 e. The van der Waals surface area contributed by atoms with Crippen molar-refractivity contribution in [2.45, 2.75) is 6.92 Å². The molecule has 0 radical (unpaired) electrons. The number of hydrogen-bond acceptors (Lipinski definition) is 2. The summed E-state index contributed by atoms with van der Waals surface area (Å²) >= 11 is 0.156. The minimum atomic E-state index is 0.156. The molecule has 0 bridgehead atoms. The van der Waals surface area contributed by atoms with Crippen molar-refractivity contribution in [2.75, 3.05) is 0 Å². The van der Waals surface area contributed by atoms with Crippen LogP contribution < -0.4 is 0 Å². The minimum absolute atomic E-state index is 0.156. The van der Waals surface area contributed by atoms with E-state index in [1.165, 1.54) is 10.3 Å². The number of halogens is 1. The van der Waals surface area contributed by atoms with Crippen molar-refractivity contribution in [3.63, 3.8) is 0 Å². The van der Waals surface area contributed by atoms with Crippen molar-refractivity contribution in [1.82, 2.24) is 8.96 Å². The summed E-state index contributed by atoms with van der Waals surface area (Å²) in [6, 6.07) is 0. The molecule has 0 atom stereocenters. The predicted molar refractivity (Wildman–Crippen MR) is 31.1 cm³/mol. The normalized spacial score (nSPS) is 9.75. The second-order valence-electron chi connectivity index (χ2n) is 1.43. The van der Waals surface area contributed by atoms with Crippen molar-refractivity contribution < 1.29 is 3.89 Å². The zero-order chi connectivity index (χ0) is 5.98. The molecule has 2 nitrogen and oxygen atoms in total. The summed E-state index contributed by atoms with van der Waals surface area (Å²) in [6.45, 7) is 1.79. The van der Waals surface area contributed by atoms with E-state index in [9.17, 15) is 3.89 Å². The van der Waals surface area contributed by atoms with Crippen LogP contribution in [0.5, 0.6) is 0 Å². The van der Waals surface area contributed by atoms with Gasteiger partial charge in [0.05, 0.1) is 0 Å². The number of hydrogen-bond donors (Lipinski definition) is 0. The zero-order valence-electron chi connectivity index (χ0n) is 4.34. The topological polar surface area (TPSA) is 17.8 Å². The van der Waals surface area contributed by atoms with Crippen LogP contribution in [0.2, 0.25) is 0 Å². The first-order chi connectivity index (χ1) is 3.84. The molecule has 1 aromatic rings. The van der Waals surface area contributed by atoms with Crippen LogP contribution in [0, 0.1) is 6.92 Å². The Balaban J connectivity index is 2.92. The maximum absolute atomic E-state index is 11.7. The van der Waals surface area contributed by atoms with E-state index in [0.29, 0.717) is 0 Å². The van der Waals surface area contributed by atoms with Gasteiger partial charge in [-0.15, -0.1) is 3.89 Å². The molecule has 1 heterocycles. The van der Waals surface area contributed by atoms with Crippen molar-refractivity contribution in [2.24, 2.45) is 0 Å². The first kappa shape index (κ1) is 5.62. The van der Waals surface area contributed by atoms with Crippen molar-refractivity contribution >= 4 is 12.3 Å². The van der Waals surface area contributed by atoms with Gasteiger partial charge in [-0.3, -0.25) is 0 Å². The maximum Gasteiger partial charge on any atom is 0.170 e. The first-order valence-electron chi connectivity index (χ1n) is 2.12. The van der Waals surface area contributed by atoms with Crippen LogP contribution in [0.15, 0.2) is 12.5 Å². The molecule has 0 aliphatic carbocycles. The van der Waals surface area contributed by atoms with Gasteiger partial charge in [0.1, 0.15) is 6.33 Å². The molecular formula is C4H5FN2S. The average Bonchev–Trinajstić information content (AvgIpc) is 2.14. The van der Waals surface area contributed by atoms with E-state index in [-0.39, 0.29) is 12.3 Å². The average molecular weight is 132 g/mol. The van der Waals surface area contributed by atoms with Gasteiger partial charge < -0.3 is 0 Å². The van der Waals surface area contributed by atoms with E-state index in [0.717, 1.165) is 5.69 Å². The van der Waals surface area contributed by atoms with Crippen LogP contribution in [0.3, 0.4) is 0 Å². The van der Waals surface area contributed by atoms with Crippen molar-refractivity contribution in [3.05, 3.63) is 18.2 Å². The highest BCUT2D eigenvalue weighted by molar-refractivity contribution is 7.92. The molecule has 0 fully saturated rings. The lowest BCUT2D eigenvalue weighted by atomic mass is 10.6. The van der Waals surface area contributed by atoms with Crippen LogP contribution in [0.25, 0.3) is 0 Å². The van der Waals surface area contributed by atoms with Gasteiger partial charge in [-0.05, 0) is 6.92 Å². The molecule has 0 unspecified atom stereocenters. The fraction of sp³-hybridized carbons (Fsp3) is 0.250. The summed E-state index contributed by atoms with van der Waals surface area (Å²) in [5.74, 6) is 0. The Kier molecular flexibility index (Phi) is 1.53. The van der Waals surface area contributed by atoms with Crippen LogP contribution in [-0.4, -0.2) is 8.96 Å². The molecule has 0 saturated carbocycles. The smallest absolute Gasteiger partial charge is 0.170 e. The Morgan fingerprint density at radius 3 is 2.88 bits per heavy atom. The standard InChI is InChI=1S/C4H5FN2S/c1-4-2-6-3-7(4)8-5/h2-3H,1H3. The quantitative estimate of drug-likeness (QED) is 0.577. The molecule has 1 aromatic heterocycles. The summed E-state index contributed by atoms with van der Waals surface area (Å²) in [5.41, 5.74) is 0.817. The SMILES string of the molecule is Cc1cncn1SF. The summed E-state index contributed by atoms with van der Waals surface area (Å²) in [4.78, 5) is 3.69. The highest BCUT2D eigenvalue weighted by Crippen LogP contribution is 2.08. The van der Waals surface area contributed by atoms with Crippen LogP contribution in [-0.2, 0) is 0 Å². The van der Waals surface area contributed by atoms with Gasteiger partial charge in [-0.25, -0.2) is 8.96 Å². The van der Waals surface area contributed by atoms with Crippen molar-refractivity contribution in [1.29, 1.82) is 0 Å². The Morgan fingerprint density at radius 1 is 1.88 bits per heavy atom. The molecular weight excluding hydrogens is 127 g/mol. The second-order valence-corrected chi connectivity index (χ2v) is 1.96. The molecule has 0 N–H and O–H groups in total. The molecule has 4 heteroatoms. The number of rotatable bonds is 1. The molecule has 0 amide bonds. The molecule has 1 rings (SSSR count). The third-order valence-corrected chi connectivity index (χ3v) is 1.39. The van der Waals surface area contributed by atoms with Gasteiger partial charge in [0.2, 0.25) is 0 Å². The molecule has 0 aliphatic rings.